The first kappa shape index (κ1) is 15.3. The second-order valence-corrected chi connectivity index (χ2v) is 7.06. The van der Waals surface area contributed by atoms with Gasteiger partial charge in [0.05, 0.1) is 22.7 Å². The molecule has 2 nitrogen and oxygen atoms in total. The topological polar surface area (TPSA) is 18.1 Å². The number of hydrogen-bond donors (Lipinski definition) is 0. The third-order valence-corrected chi connectivity index (χ3v) is 5.49. The first-order chi connectivity index (χ1) is 13.9. The summed E-state index contributed by atoms with van der Waals surface area (Å²) in [4.78, 5) is 0. The molecule has 132 valence electrons. The normalized spacial score (nSPS) is 11.6. The van der Waals surface area contributed by atoms with Gasteiger partial charge < -0.3 is 8.98 Å². The highest BCUT2D eigenvalue weighted by Crippen LogP contribution is 2.37. The Labute approximate surface area is 162 Å². The average Bonchev–Trinajstić information content (AvgIpc) is 3.36. The van der Waals surface area contributed by atoms with Crippen LogP contribution in [0.3, 0.4) is 0 Å². The van der Waals surface area contributed by atoms with E-state index in [4.69, 9.17) is 4.42 Å². The van der Waals surface area contributed by atoms with Gasteiger partial charge in [-0.25, -0.2) is 0 Å². The van der Waals surface area contributed by atoms with Crippen LogP contribution in [0.5, 0.6) is 0 Å². The second-order valence-electron chi connectivity index (χ2n) is 7.06. The highest BCUT2D eigenvalue weighted by molar-refractivity contribution is 6.19. The molecule has 6 rings (SSSR count). The molecule has 0 saturated carbocycles. The van der Waals surface area contributed by atoms with Crippen LogP contribution >= 0.6 is 0 Å². The molecule has 6 aromatic rings. The minimum atomic E-state index is 0.952. The van der Waals surface area contributed by atoms with Crippen molar-refractivity contribution in [2.24, 2.45) is 0 Å². The molecule has 0 N–H and O–H groups in total. The van der Waals surface area contributed by atoms with E-state index in [1.807, 2.05) is 12.1 Å². The largest absolute Gasteiger partial charge is 0.464 e. The zero-order valence-corrected chi connectivity index (χ0v) is 15.2. The molecule has 0 unspecified atom stereocenters. The van der Waals surface area contributed by atoms with Gasteiger partial charge in [0.25, 0.3) is 0 Å². The first-order valence-corrected chi connectivity index (χ1v) is 9.45. The van der Waals surface area contributed by atoms with Crippen LogP contribution in [0.1, 0.15) is 0 Å². The van der Waals surface area contributed by atoms with E-state index in [1.54, 1.807) is 6.26 Å². The molecule has 0 radical (unpaired) electrons. The fourth-order valence-corrected chi connectivity index (χ4v) is 4.19. The number of hydrogen-bond acceptors (Lipinski definition) is 1. The van der Waals surface area contributed by atoms with Crippen LogP contribution < -0.4 is 0 Å². The van der Waals surface area contributed by atoms with Gasteiger partial charge in [-0.05, 0) is 47.5 Å². The quantitative estimate of drug-likeness (QED) is 0.320. The van der Waals surface area contributed by atoms with Gasteiger partial charge in [-0.1, -0.05) is 60.7 Å². The summed E-state index contributed by atoms with van der Waals surface area (Å²) in [5.74, 6) is 0. The molecular formula is C26H17NO. The Morgan fingerprint density at radius 1 is 0.571 bits per heavy atom. The van der Waals surface area contributed by atoms with E-state index >= 15 is 0 Å². The van der Waals surface area contributed by atoms with Crippen molar-refractivity contribution in [3.8, 4) is 16.8 Å². The van der Waals surface area contributed by atoms with Crippen molar-refractivity contribution in [2.45, 2.75) is 0 Å². The molecule has 2 aromatic heterocycles. The maximum atomic E-state index is 5.85. The van der Waals surface area contributed by atoms with Crippen LogP contribution in [0.25, 0.3) is 49.6 Å². The highest BCUT2D eigenvalue weighted by atomic mass is 16.3. The zero-order valence-electron chi connectivity index (χ0n) is 15.2. The van der Waals surface area contributed by atoms with Gasteiger partial charge in [-0.15, -0.1) is 0 Å². The fraction of sp³-hybridized carbons (Fsp3) is 0. The highest BCUT2D eigenvalue weighted by Gasteiger charge is 2.15. The van der Waals surface area contributed by atoms with E-state index in [2.05, 4.69) is 89.5 Å². The van der Waals surface area contributed by atoms with Gasteiger partial charge in [0.2, 0.25) is 0 Å². The third kappa shape index (κ3) is 2.15. The number of nitrogens with zero attached hydrogens (tertiary/aromatic N) is 1. The average molecular weight is 359 g/mol. The standard InChI is InChI=1S/C26H17NO/c1-2-6-18(7-3-1)19-10-13-21(14-11-19)27-23-9-5-4-8-22(23)25-24(27)15-12-20-16-17-28-26(20)25/h1-17H. The second kappa shape index (κ2) is 5.86. The molecule has 2 heterocycles. The SMILES string of the molecule is c1ccc(-c2ccc(-n3c4ccccc4c4c5occc5ccc43)cc2)cc1. The number of aromatic nitrogens is 1. The molecule has 0 aliphatic heterocycles. The van der Waals surface area contributed by atoms with Crippen molar-refractivity contribution in [3.05, 3.63) is 103 Å². The van der Waals surface area contributed by atoms with Crippen molar-refractivity contribution in [1.82, 2.24) is 4.57 Å². The summed E-state index contributed by atoms with van der Waals surface area (Å²) in [6.45, 7) is 0. The molecule has 0 aliphatic rings. The lowest BCUT2D eigenvalue weighted by Gasteiger charge is -2.09. The summed E-state index contributed by atoms with van der Waals surface area (Å²) in [6.07, 6.45) is 1.77. The summed E-state index contributed by atoms with van der Waals surface area (Å²) in [7, 11) is 0. The Bertz CT molecular complexity index is 1440. The van der Waals surface area contributed by atoms with Crippen molar-refractivity contribution < 1.29 is 4.42 Å². The predicted octanol–water partition coefficient (Wildman–Crippen LogP) is 7.20. The van der Waals surface area contributed by atoms with E-state index in [1.165, 1.54) is 27.4 Å². The van der Waals surface area contributed by atoms with Crippen LogP contribution in [0.15, 0.2) is 108 Å². The number of furan rings is 1. The van der Waals surface area contributed by atoms with E-state index in [0.717, 1.165) is 22.2 Å². The van der Waals surface area contributed by atoms with Crippen LogP contribution in [-0.4, -0.2) is 4.57 Å². The Morgan fingerprint density at radius 2 is 1.32 bits per heavy atom. The summed E-state index contributed by atoms with van der Waals surface area (Å²) in [5, 5.41) is 3.52. The minimum absolute atomic E-state index is 0.952. The third-order valence-electron chi connectivity index (χ3n) is 5.49. The smallest absolute Gasteiger partial charge is 0.143 e. The molecule has 0 saturated heterocycles. The number of benzene rings is 4. The van der Waals surface area contributed by atoms with Crippen molar-refractivity contribution in [3.63, 3.8) is 0 Å². The lowest BCUT2D eigenvalue weighted by atomic mass is 10.1. The summed E-state index contributed by atoms with van der Waals surface area (Å²) < 4.78 is 8.17. The number of para-hydroxylation sites is 1. The number of fused-ring (bicyclic) bond motifs is 5. The lowest BCUT2D eigenvalue weighted by molar-refractivity contribution is 0.619. The monoisotopic (exact) mass is 359 g/mol. The maximum Gasteiger partial charge on any atom is 0.143 e. The van der Waals surface area contributed by atoms with E-state index < -0.39 is 0 Å². The van der Waals surface area contributed by atoms with Gasteiger partial charge in [-0.3, -0.25) is 0 Å². The van der Waals surface area contributed by atoms with Crippen molar-refractivity contribution in [1.29, 1.82) is 0 Å². The lowest BCUT2D eigenvalue weighted by Crippen LogP contribution is -1.93. The van der Waals surface area contributed by atoms with Crippen molar-refractivity contribution >= 4 is 32.8 Å². The maximum absolute atomic E-state index is 5.85. The van der Waals surface area contributed by atoms with Gasteiger partial charge in [0.15, 0.2) is 0 Å². The molecule has 28 heavy (non-hydrogen) atoms. The van der Waals surface area contributed by atoms with Gasteiger partial charge in [0, 0.05) is 16.5 Å². The molecular weight excluding hydrogens is 342 g/mol. The molecule has 0 atom stereocenters. The zero-order chi connectivity index (χ0) is 18.5. The van der Waals surface area contributed by atoms with Crippen LogP contribution in [0.4, 0.5) is 0 Å². The summed E-state index contributed by atoms with van der Waals surface area (Å²) in [5.41, 5.74) is 6.90. The Balaban J connectivity index is 1.63. The van der Waals surface area contributed by atoms with Crippen LogP contribution in [0.2, 0.25) is 0 Å². The van der Waals surface area contributed by atoms with Gasteiger partial charge >= 0.3 is 0 Å². The predicted molar refractivity (Wildman–Crippen MR) is 116 cm³/mol. The molecule has 0 spiro atoms. The Hall–Kier alpha value is -3.78. The van der Waals surface area contributed by atoms with E-state index in [0.29, 0.717) is 0 Å². The Kier molecular flexibility index (Phi) is 3.20. The number of rotatable bonds is 2. The molecule has 2 heteroatoms. The van der Waals surface area contributed by atoms with E-state index in [-0.39, 0.29) is 0 Å². The summed E-state index contributed by atoms with van der Waals surface area (Å²) in [6, 6.07) is 34.1. The molecule has 4 aromatic carbocycles. The molecule has 0 aliphatic carbocycles. The van der Waals surface area contributed by atoms with Gasteiger partial charge in [0.1, 0.15) is 5.58 Å². The summed E-state index contributed by atoms with van der Waals surface area (Å²) >= 11 is 0. The molecule has 0 fully saturated rings. The fourth-order valence-electron chi connectivity index (χ4n) is 4.19. The first-order valence-electron chi connectivity index (χ1n) is 9.45. The molecule has 0 bridgehead atoms. The van der Waals surface area contributed by atoms with Crippen LogP contribution in [-0.2, 0) is 0 Å². The van der Waals surface area contributed by atoms with Crippen molar-refractivity contribution in [2.75, 3.05) is 0 Å². The van der Waals surface area contributed by atoms with Gasteiger partial charge in [-0.2, -0.15) is 0 Å². The minimum Gasteiger partial charge on any atom is -0.464 e. The Morgan fingerprint density at radius 3 is 2.18 bits per heavy atom. The van der Waals surface area contributed by atoms with E-state index in [9.17, 15) is 0 Å². The van der Waals surface area contributed by atoms with Crippen LogP contribution in [0, 0.1) is 0 Å². The molecule has 0 amide bonds.